The molecule has 2 atom stereocenters. The summed E-state index contributed by atoms with van der Waals surface area (Å²) in [5, 5.41) is -0.767. The van der Waals surface area contributed by atoms with Crippen LogP contribution in [0.2, 0.25) is 0 Å². The quantitative estimate of drug-likeness (QED) is 0.667. The highest BCUT2D eigenvalue weighted by Gasteiger charge is 2.27. The van der Waals surface area contributed by atoms with Crippen molar-refractivity contribution in [2.24, 2.45) is 5.73 Å². The Kier molecular flexibility index (Phi) is 6.74. The van der Waals surface area contributed by atoms with Crippen LogP contribution >= 0.6 is 24.0 Å². The first kappa shape index (κ1) is 15.2. The largest absolute Gasteiger partial charge is 0.392 e. The minimum Gasteiger partial charge on any atom is -0.392 e. The van der Waals surface area contributed by atoms with Gasteiger partial charge in [-0.05, 0) is 19.6 Å². The second-order valence-electron chi connectivity index (χ2n) is 3.32. The van der Waals surface area contributed by atoms with Gasteiger partial charge in [0.25, 0.3) is 0 Å². The average molecular weight is 270 g/mol. The normalized spacial score (nSPS) is 15.9. The summed E-state index contributed by atoms with van der Waals surface area (Å²) in [7, 11) is -3.42. The van der Waals surface area contributed by atoms with Crippen molar-refractivity contribution in [3.63, 3.8) is 0 Å². The van der Waals surface area contributed by atoms with E-state index in [1.165, 1.54) is 0 Å². The molecule has 0 aliphatic carbocycles. The maximum atomic E-state index is 11.8. The first-order valence-corrected chi connectivity index (χ1v) is 7.99. The standard InChI is InChI=1S/C8H18N2O2S3/c1-4-7(8(9)13)15(11,12)10-6(2)5-14-3/h6-7,10H,4-5H2,1-3H3,(H2,9,13). The van der Waals surface area contributed by atoms with Gasteiger partial charge in [0.05, 0.1) is 4.99 Å². The van der Waals surface area contributed by atoms with E-state index in [1.54, 1.807) is 18.7 Å². The average Bonchev–Trinajstić information content (AvgIpc) is 2.02. The van der Waals surface area contributed by atoms with Crippen molar-refractivity contribution in [1.82, 2.24) is 4.72 Å². The maximum absolute atomic E-state index is 11.8. The third kappa shape index (κ3) is 5.14. The van der Waals surface area contributed by atoms with E-state index in [9.17, 15) is 8.42 Å². The number of sulfonamides is 1. The predicted octanol–water partition coefficient (Wildman–Crippen LogP) is 0.722. The summed E-state index contributed by atoms with van der Waals surface area (Å²) in [5.74, 6) is 0.729. The van der Waals surface area contributed by atoms with Crippen LogP contribution in [-0.2, 0) is 10.0 Å². The molecule has 0 saturated heterocycles. The molecule has 0 spiro atoms. The molecule has 3 N–H and O–H groups in total. The molecule has 15 heavy (non-hydrogen) atoms. The van der Waals surface area contributed by atoms with Crippen molar-refractivity contribution in [1.29, 1.82) is 0 Å². The summed E-state index contributed by atoms with van der Waals surface area (Å²) in [5.41, 5.74) is 5.39. The molecule has 0 aliphatic heterocycles. The zero-order valence-corrected chi connectivity index (χ0v) is 11.6. The second-order valence-corrected chi connectivity index (χ2v) is 6.60. The Morgan fingerprint density at radius 1 is 1.60 bits per heavy atom. The molecule has 0 bridgehead atoms. The molecule has 0 heterocycles. The Morgan fingerprint density at radius 3 is 2.47 bits per heavy atom. The molecule has 0 radical (unpaired) electrons. The van der Waals surface area contributed by atoms with Crippen LogP contribution in [0, 0.1) is 0 Å². The molecule has 0 fully saturated rings. The van der Waals surface area contributed by atoms with Crippen molar-refractivity contribution in [3.05, 3.63) is 0 Å². The summed E-state index contributed by atoms with van der Waals surface area (Å²) in [4.78, 5) is 0.0290. The van der Waals surface area contributed by atoms with Gasteiger partial charge in [-0.2, -0.15) is 11.8 Å². The van der Waals surface area contributed by atoms with E-state index in [-0.39, 0.29) is 11.0 Å². The lowest BCUT2D eigenvalue weighted by atomic mass is 10.3. The van der Waals surface area contributed by atoms with Crippen molar-refractivity contribution in [3.8, 4) is 0 Å². The molecule has 90 valence electrons. The van der Waals surface area contributed by atoms with Gasteiger partial charge in [-0.3, -0.25) is 0 Å². The van der Waals surface area contributed by atoms with Crippen LogP contribution in [-0.4, -0.2) is 36.7 Å². The molecular formula is C8H18N2O2S3. The number of rotatable bonds is 7. The van der Waals surface area contributed by atoms with E-state index < -0.39 is 15.3 Å². The zero-order chi connectivity index (χ0) is 12.1. The Bertz CT molecular complexity index is 303. The van der Waals surface area contributed by atoms with E-state index in [4.69, 9.17) is 18.0 Å². The molecule has 2 unspecified atom stereocenters. The number of nitrogens with two attached hydrogens (primary N) is 1. The third-order valence-corrected chi connectivity index (χ3v) is 5.18. The number of thioether (sulfide) groups is 1. The second kappa shape index (κ2) is 6.67. The van der Waals surface area contributed by atoms with Crippen molar-refractivity contribution in [2.45, 2.75) is 31.6 Å². The van der Waals surface area contributed by atoms with Crippen molar-refractivity contribution in [2.75, 3.05) is 12.0 Å². The van der Waals surface area contributed by atoms with Crippen LogP contribution in [0.15, 0.2) is 0 Å². The molecule has 0 aliphatic rings. The molecule has 7 heteroatoms. The van der Waals surface area contributed by atoms with Gasteiger partial charge in [0, 0.05) is 11.8 Å². The van der Waals surface area contributed by atoms with Gasteiger partial charge in [-0.25, -0.2) is 13.1 Å². The number of thiocarbonyl (C=S) groups is 1. The fraction of sp³-hybridized carbons (Fsp3) is 0.875. The lowest BCUT2D eigenvalue weighted by Gasteiger charge is -2.18. The highest BCUT2D eigenvalue weighted by molar-refractivity contribution is 7.98. The van der Waals surface area contributed by atoms with Crippen LogP contribution < -0.4 is 10.5 Å². The molecule has 0 aromatic carbocycles. The van der Waals surface area contributed by atoms with Gasteiger partial charge in [-0.1, -0.05) is 19.1 Å². The first-order chi connectivity index (χ1) is 6.85. The highest BCUT2D eigenvalue weighted by atomic mass is 32.2. The molecule has 0 aromatic rings. The van der Waals surface area contributed by atoms with Crippen LogP contribution in [0.25, 0.3) is 0 Å². The summed E-state index contributed by atoms with van der Waals surface area (Å²) in [6.07, 6.45) is 2.33. The van der Waals surface area contributed by atoms with Crippen LogP contribution in [0.4, 0.5) is 0 Å². The predicted molar refractivity (Wildman–Crippen MR) is 70.8 cm³/mol. The van der Waals surface area contributed by atoms with E-state index in [1.807, 2.05) is 13.2 Å². The monoisotopic (exact) mass is 270 g/mol. The molecular weight excluding hydrogens is 252 g/mol. The van der Waals surface area contributed by atoms with Gasteiger partial charge < -0.3 is 5.73 Å². The van der Waals surface area contributed by atoms with Gasteiger partial charge in [0.2, 0.25) is 10.0 Å². The summed E-state index contributed by atoms with van der Waals surface area (Å²) < 4.78 is 26.2. The maximum Gasteiger partial charge on any atom is 0.221 e. The number of hydrogen-bond acceptors (Lipinski definition) is 4. The Labute approximate surface area is 101 Å². The topological polar surface area (TPSA) is 72.2 Å². The smallest absolute Gasteiger partial charge is 0.221 e. The van der Waals surface area contributed by atoms with Gasteiger partial charge in [0.15, 0.2) is 0 Å². The minimum absolute atomic E-state index is 0.0290. The first-order valence-electron chi connectivity index (χ1n) is 4.64. The summed E-state index contributed by atoms with van der Waals surface area (Å²) in [6.45, 7) is 3.57. The van der Waals surface area contributed by atoms with Crippen LogP contribution in [0.5, 0.6) is 0 Å². The van der Waals surface area contributed by atoms with Gasteiger partial charge in [-0.15, -0.1) is 0 Å². The Morgan fingerprint density at radius 2 is 2.13 bits per heavy atom. The Balaban J connectivity index is 4.59. The summed E-state index contributed by atoms with van der Waals surface area (Å²) in [6, 6.07) is -0.103. The third-order valence-electron chi connectivity index (χ3n) is 1.84. The molecule has 0 amide bonds. The molecule has 0 saturated carbocycles. The molecule has 0 rings (SSSR count). The van der Waals surface area contributed by atoms with Gasteiger partial charge in [0.1, 0.15) is 5.25 Å². The van der Waals surface area contributed by atoms with E-state index >= 15 is 0 Å². The number of hydrogen-bond donors (Lipinski definition) is 2. The highest BCUT2D eigenvalue weighted by Crippen LogP contribution is 2.07. The van der Waals surface area contributed by atoms with E-state index in [0.717, 1.165) is 5.75 Å². The fourth-order valence-electron chi connectivity index (χ4n) is 1.22. The van der Waals surface area contributed by atoms with E-state index in [0.29, 0.717) is 6.42 Å². The van der Waals surface area contributed by atoms with Gasteiger partial charge >= 0.3 is 0 Å². The lowest BCUT2D eigenvalue weighted by molar-refractivity contribution is 0.564. The SMILES string of the molecule is CCC(C(N)=S)S(=O)(=O)NC(C)CSC. The lowest BCUT2D eigenvalue weighted by Crippen LogP contribution is -2.45. The molecule has 0 aromatic heterocycles. The Hall–Kier alpha value is 0.150. The fourth-order valence-corrected chi connectivity index (χ4v) is 4.01. The summed E-state index contributed by atoms with van der Waals surface area (Å²) >= 11 is 6.32. The van der Waals surface area contributed by atoms with Crippen LogP contribution in [0.3, 0.4) is 0 Å². The number of nitrogens with one attached hydrogen (secondary N) is 1. The minimum atomic E-state index is -3.42. The van der Waals surface area contributed by atoms with Crippen LogP contribution in [0.1, 0.15) is 20.3 Å². The molecule has 4 nitrogen and oxygen atoms in total. The van der Waals surface area contributed by atoms with Crippen molar-refractivity contribution < 1.29 is 8.42 Å². The van der Waals surface area contributed by atoms with E-state index in [2.05, 4.69) is 4.72 Å². The van der Waals surface area contributed by atoms with Crippen molar-refractivity contribution >= 4 is 39.0 Å². The zero-order valence-electron chi connectivity index (χ0n) is 9.19.